The maximum absolute atomic E-state index is 12.5. The van der Waals surface area contributed by atoms with Crippen LogP contribution in [0.2, 0.25) is 0 Å². The first-order valence-corrected chi connectivity index (χ1v) is 8.07. The van der Waals surface area contributed by atoms with Crippen molar-refractivity contribution in [2.45, 2.75) is 47.1 Å². The van der Waals surface area contributed by atoms with Gasteiger partial charge in [-0.05, 0) is 52.7 Å². The van der Waals surface area contributed by atoms with E-state index in [1.165, 1.54) is 5.56 Å². The maximum atomic E-state index is 12.5. The zero-order valence-electron chi connectivity index (χ0n) is 14.8. The largest absolute Gasteiger partial charge is 0.322 e. The van der Waals surface area contributed by atoms with Gasteiger partial charge >= 0.3 is 6.03 Å². The number of carbonyl (C=O) groups excluding carboxylic acids is 1. The molecule has 0 saturated carbocycles. The molecule has 1 aromatic carbocycles. The summed E-state index contributed by atoms with van der Waals surface area (Å²) in [5, 5.41) is 3.10. The van der Waals surface area contributed by atoms with Gasteiger partial charge in [0.25, 0.3) is 0 Å². The first-order valence-electron chi connectivity index (χ1n) is 8.07. The maximum Gasteiger partial charge on any atom is 0.321 e. The van der Waals surface area contributed by atoms with Gasteiger partial charge in [0.1, 0.15) is 0 Å². The summed E-state index contributed by atoms with van der Waals surface area (Å²) in [5.74, 6) is 0. The molecular weight excluding hydrogens is 274 g/mol. The third-order valence-electron chi connectivity index (χ3n) is 4.42. The zero-order chi connectivity index (χ0) is 16.5. The standard InChI is InChI=1S/C18H29N3O/c1-13-11-14(2)16(15(3)12-13)19-17(22)20-7-9-21(10-8-20)18(4,5)6/h11-12H,7-10H2,1-6H3,(H,19,22). The Morgan fingerprint density at radius 2 is 1.50 bits per heavy atom. The SMILES string of the molecule is Cc1cc(C)c(NC(=O)N2CCN(C(C)(C)C)CC2)c(C)c1. The minimum absolute atomic E-state index is 0.0172. The number of urea groups is 1. The molecule has 1 aromatic rings. The Morgan fingerprint density at radius 3 is 1.95 bits per heavy atom. The molecule has 0 aliphatic carbocycles. The number of hydrogen-bond acceptors (Lipinski definition) is 2. The van der Waals surface area contributed by atoms with Crippen LogP contribution in [-0.4, -0.2) is 47.5 Å². The van der Waals surface area contributed by atoms with Crippen molar-refractivity contribution in [3.63, 3.8) is 0 Å². The molecule has 0 unspecified atom stereocenters. The molecule has 0 spiro atoms. The molecule has 1 fully saturated rings. The first-order chi connectivity index (χ1) is 10.2. The van der Waals surface area contributed by atoms with Gasteiger partial charge in [-0.25, -0.2) is 4.79 Å². The fourth-order valence-corrected chi connectivity index (χ4v) is 3.14. The Morgan fingerprint density at radius 1 is 1.00 bits per heavy atom. The van der Waals surface area contributed by atoms with Crippen LogP contribution in [0.15, 0.2) is 12.1 Å². The van der Waals surface area contributed by atoms with Crippen LogP contribution in [0, 0.1) is 20.8 Å². The van der Waals surface area contributed by atoms with Crippen LogP contribution in [0.1, 0.15) is 37.5 Å². The minimum Gasteiger partial charge on any atom is -0.322 e. The number of amides is 2. The highest BCUT2D eigenvalue weighted by molar-refractivity contribution is 5.91. The highest BCUT2D eigenvalue weighted by Crippen LogP contribution is 2.23. The van der Waals surface area contributed by atoms with E-state index in [-0.39, 0.29) is 11.6 Å². The predicted octanol–water partition coefficient (Wildman–Crippen LogP) is 3.56. The van der Waals surface area contributed by atoms with Crippen molar-refractivity contribution in [2.24, 2.45) is 0 Å². The van der Waals surface area contributed by atoms with Gasteiger partial charge < -0.3 is 10.2 Å². The molecule has 1 aliphatic heterocycles. The van der Waals surface area contributed by atoms with Crippen LogP contribution in [0.5, 0.6) is 0 Å². The summed E-state index contributed by atoms with van der Waals surface area (Å²) in [6.45, 7) is 16.3. The molecule has 2 amide bonds. The van der Waals surface area contributed by atoms with Crippen molar-refractivity contribution >= 4 is 11.7 Å². The summed E-state index contributed by atoms with van der Waals surface area (Å²) in [4.78, 5) is 16.9. The van der Waals surface area contributed by atoms with Gasteiger partial charge in [-0.2, -0.15) is 0 Å². The van der Waals surface area contributed by atoms with Crippen LogP contribution in [-0.2, 0) is 0 Å². The minimum atomic E-state index is 0.0172. The monoisotopic (exact) mass is 303 g/mol. The number of nitrogens with zero attached hydrogens (tertiary/aromatic N) is 2. The molecule has 0 aromatic heterocycles. The van der Waals surface area contributed by atoms with Gasteiger partial charge in [0.05, 0.1) is 0 Å². The molecule has 1 N–H and O–H groups in total. The summed E-state index contributed by atoms with van der Waals surface area (Å²) in [6.07, 6.45) is 0. The Balaban J connectivity index is 2.00. The molecular formula is C18H29N3O. The fraction of sp³-hybridized carbons (Fsp3) is 0.611. The lowest BCUT2D eigenvalue weighted by Gasteiger charge is -2.42. The van der Waals surface area contributed by atoms with E-state index in [1.54, 1.807) is 0 Å². The van der Waals surface area contributed by atoms with Crippen LogP contribution in [0.3, 0.4) is 0 Å². The van der Waals surface area contributed by atoms with Gasteiger partial charge in [-0.15, -0.1) is 0 Å². The molecule has 22 heavy (non-hydrogen) atoms. The number of piperazine rings is 1. The van der Waals surface area contributed by atoms with E-state index in [1.807, 2.05) is 18.7 Å². The van der Waals surface area contributed by atoms with Crippen molar-refractivity contribution in [1.82, 2.24) is 9.80 Å². The van der Waals surface area contributed by atoms with Gasteiger partial charge in [-0.1, -0.05) is 17.7 Å². The van der Waals surface area contributed by atoms with Crippen molar-refractivity contribution < 1.29 is 4.79 Å². The number of benzene rings is 1. The first kappa shape index (κ1) is 16.8. The molecule has 1 aliphatic rings. The third-order valence-corrected chi connectivity index (χ3v) is 4.42. The van der Waals surface area contributed by atoms with Crippen LogP contribution in [0.4, 0.5) is 10.5 Å². The number of hydrogen-bond donors (Lipinski definition) is 1. The van der Waals surface area contributed by atoms with E-state index in [9.17, 15) is 4.79 Å². The highest BCUT2D eigenvalue weighted by atomic mass is 16.2. The number of rotatable bonds is 1. The fourth-order valence-electron chi connectivity index (χ4n) is 3.14. The number of carbonyl (C=O) groups is 1. The molecule has 0 radical (unpaired) electrons. The van der Waals surface area contributed by atoms with E-state index in [4.69, 9.17) is 0 Å². The van der Waals surface area contributed by atoms with E-state index in [0.717, 1.165) is 43.0 Å². The van der Waals surface area contributed by atoms with Gasteiger partial charge in [0.2, 0.25) is 0 Å². The Kier molecular flexibility index (Phi) is 4.81. The normalized spacial score (nSPS) is 16.7. The highest BCUT2D eigenvalue weighted by Gasteiger charge is 2.28. The summed E-state index contributed by atoms with van der Waals surface area (Å²) in [6, 6.07) is 4.24. The molecule has 2 rings (SSSR count). The Labute approximate surface area is 134 Å². The summed E-state index contributed by atoms with van der Waals surface area (Å²) in [5.41, 5.74) is 4.60. The number of anilines is 1. The van der Waals surface area contributed by atoms with Crippen LogP contribution < -0.4 is 5.32 Å². The molecule has 4 nitrogen and oxygen atoms in total. The van der Waals surface area contributed by atoms with Gasteiger partial charge in [-0.3, -0.25) is 4.90 Å². The predicted molar refractivity (Wildman–Crippen MR) is 92.6 cm³/mol. The number of nitrogens with one attached hydrogen (secondary N) is 1. The second kappa shape index (κ2) is 6.29. The van der Waals surface area contributed by atoms with Crippen molar-refractivity contribution in [3.05, 3.63) is 28.8 Å². The Hall–Kier alpha value is -1.55. The second-order valence-electron chi connectivity index (χ2n) is 7.35. The van der Waals surface area contributed by atoms with E-state index < -0.39 is 0 Å². The van der Waals surface area contributed by atoms with Crippen molar-refractivity contribution in [3.8, 4) is 0 Å². The molecule has 4 heteroatoms. The average molecular weight is 303 g/mol. The van der Waals surface area contributed by atoms with Crippen LogP contribution in [0.25, 0.3) is 0 Å². The summed E-state index contributed by atoms with van der Waals surface area (Å²) in [7, 11) is 0. The van der Waals surface area contributed by atoms with Crippen molar-refractivity contribution in [1.29, 1.82) is 0 Å². The van der Waals surface area contributed by atoms with Crippen LogP contribution >= 0.6 is 0 Å². The average Bonchev–Trinajstić information content (AvgIpc) is 2.41. The third kappa shape index (κ3) is 3.80. The lowest BCUT2D eigenvalue weighted by atomic mass is 10.0. The summed E-state index contributed by atoms with van der Waals surface area (Å²) >= 11 is 0. The summed E-state index contributed by atoms with van der Waals surface area (Å²) < 4.78 is 0. The lowest BCUT2D eigenvalue weighted by Crippen LogP contribution is -2.55. The van der Waals surface area contributed by atoms with Gasteiger partial charge in [0.15, 0.2) is 0 Å². The topological polar surface area (TPSA) is 35.6 Å². The van der Waals surface area contributed by atoms with Gasteiger partial charge in [0, 0.05) is 37.4 Å². The quantitative estimate of drug-likeness (QED) is 0.861. The molecule has 122 valence electrons. The second-order valence-corrected chi connectivity index (χ2v) is 7.35. The van der Waals surface area contributed by atoms with E-state index in [0.29, 0.717) is 0 Å². The lowest BCUT2D eigenvalue weighted by molar-refractivity contribution is 0.0774. The molecule has 0 bridgehead atoms. The van der Waals surface area contributed by atoms with E-state index >= 15 is 0 Å². The molecule has 1 heterocycles. The van der Waals surface area contributed by atoms with Crippen molar-refractivity contribution in [2.75, 3.05) is 31.5 Å². The smallest absolute Gasteiger partial charge is 0.321 e. The molecule has 0 atom stereocenters. The zero-order valence-corrected chi connectivity index (χ0v) is 14.8. The van der Waals surface area contributed by atoms with E-state index in [2.05, 4.69) is 50.0 Å². The number of aryl methyl sites for hydroxylation is 3. The Bertz CT molecular complexity index is 529. The molecule has 1 saturated heterocycles.